The van der Waals surface area contributed by atoms with Crippen molar-refractivity contribution in [3.63, 3.8) is 0 Å². The summed E-state index contributed by atoms with van der Waals surface area (Å²) < 4.78 is 5.11. The number of hydrogen-bond acceptors (Lipinski definition) is 6. The van der Waals surface area contributed by atoms with Gasteiger partial charge >= 0.3 is 5.97 Å². The van der Waals surface area contributed by atoms with Crippen LogP contribution < -0.4 is 0 Å². The van der Waals surface area contributed by atoms with Crippen molar-refractivity contribution in [2.24, 2.45) is 5.41 Å². The lowest BCUT2D eigenvalue weighted by Gasteiger charge is -2.27. The Kier molecular flexibility index (Phi) is 7.26. The number of aliphatic hydroxyl groups excluding tert-OH is 2. The van der Waals surface area contributed by atoms with E-state index in [1.165, 1.54) is 17.4 Å². The predicted octanol–water partition coefficient (Wildman–Crippen LogP) is 2.92. The van der Waals surface area contributed by atoms with E-state index in [1.807, 2.05) is 18.4 Å². The molecule has 0 saturated heterocycles. The summed E-state index contributed by atoms with van der Waals surface area (Å²) in [5, 5.41) is 20.5. The summed E-state index contributed by atoms with van der Waals surface area (Å²) in [6, 6.07) is 10.6. The number of thiophene rings is 1. The first kappa shape index (κ1) is 20.0. The number of ketones is 1. The first-order chi connectivity index (χ1) is 12.5. The summed E-state index contributed by atoms with van der Waals surface area (Å²) in [4.78, 5) is 24.7. The molecule has 0 aliphatic carbocycles. The molecule has 0 aliphatic rings. The Labute approximate surface area is 156 Å². The van der Waals surface area contributed by atoms with Gasteiger partial charge in [-0.3, -0.25) is 4.79 Å². The van der Waals surface area contributed by atoms with Crippen molar-refractivity contribution in [3.05, 3.63) is 63.9 Å². The Morgan fingerprint density at radius 1 is 1.15 bits per heavy atom. The molecule has 2 aromatic rings. The molecule has 0 spiro atoms. The van der Waals surface area contributed by atoms with Gasteiger partial charge in [-0.05, 0) is 29.5 Å². The van der Waals surface area contributed by atoms with Crippen LogP contribution in [-0.2, 0) is 9.53 Å². The quantitative estimate of drug-likeness (QED) is 0.401. The summed E-state index contributed by atoms with van der Waals surface area (Å²) >= 11 is 1.40. The number of esters is 1. The van der Waals surface area contributed by atoms with E-state index in [4.69, 9.17) is 4.74 Å². The Balaban J connectivity index is 1.93. The van der Waals surface area contributed by atoms with E-state index in [0.717, 1.165) is 5.56 Å². The second-order valence-electron chi connectivity index (χ2n) is 6.04. The molecule has 0 saturated carbocycles. The van der Waals surface area contributed by atoms with Gasteiger partial charge in [-0.2, -0.15) is 0 Å². The topological polar surface area (TPSA) is 83.8 Å². The van der Waals surface area contributed by atoms with Crippen LogP contribution in [0.4, 0.5) is 0 Å². The molecule has 2 rings (SSSR count). The van der Waals surface area contributed by atoms with Crippen LogP contribution in [0.2, 0.25) is 0 Å². The normalized spacial score (nSPS) is 11.7. The first-order valence-corrected chi connectivity index (χ1v) is 9.16. The highest BCUT2D eigenvalue weighted by Crippen LogP contribution is 2.21. The Bertz CT molecular complexity index is 735. The molecule has 6 heteroatoms. The first-order valence-electron chi connectivity index (χ1n) is 8.28. The van der Waals surface area contributed by atoms with Crippen molar-refractivity contribution < 1.29 is 24.5 Å². The van der Waals surface area contributed by atoms with Crippen LogP contribution in [0.25, 0.3) is 6.08 Å². The van der Waals surface area contributed by atoms with Gasteiger partial charge < -0.3 is 14.9 Å². The SMILES string of the molecule is CCC(CO)(CO)COC(=O)/C=C/c1ccc(C(=O)c2cccs2)cc1. The number of aliphatic hydroxyl groups is 2. The summed E-state index contributed by atoms with van der Waals surface area (Å²) in [5.41, 5.74) is 0.536. The number of carbonyl (C=O) groups excluding carboxylic acids is 2. The van der Waals surface area contributed by atoms with Crippen LogP contribution in [0.1, 0.15) is 34.1 Å². The molecule has 1 heterocycles. The minimum absolute atomic E-state index is 0.0288. The molecule has 26 heavy (non-hydrogen) atoms. The molecular weight excluding hydrogens is 352 g/mol. The maximum atomic E-state index is 12.2. The van der Waals surface area contributed by atoms with E-state index in [-0.39, 0.29) is 25.6 Å². The summed E-state index contributed by atoms with van der Waals surface area (Å²) in [6.45, 7) is 1.26. The van der Waals surface area contributed by atoms with Gasteiger partial charge in [0.15, 0.2) is 0 Å². The number of carbonyl (C=O) groups is 2. The molecule has 2 N–H and O–H groups in total. The predicted molar refractivity (Wildman–Crippen MR) is 101 cm³/mol. The van der Waals surface area contributed by atoms with Crippen molar-refractivity contribution in [2.75, 3.05) is 19.8 Å². The zero-order valence-electron chi connectivity index (χ0n) is 14.6. The minimum atomic E-state index is -0.812. The van der Waals surface area contributed by atoms with E-state index in [9.17, 15) is 19.8 Å². The Morgan fingerprint density at radius 3 is 2.38 bits per heavy atom. The van der Waals surface area contributed by atoms with Crippen molar-refractivity contribution in [3.8, 4) is 0 Å². The largest absolute Gasteiger partial charge is 0.462 e. The average molecular weight is 374 g/mol. The van der Waals surface area contributed by atoms with Gasteiger partial charge in [-0.15, -0.1) is 11.3 Å². The number of ether oxygens (including phenoxy) is 1. The van der Waals surface area contributed by atoms with Gasteiger partial charge in [0.05, 0.1) is 23.5 Å². The fourth-order valence-electron chi connectivity index (χ4n) is 2.20. The third-order valence-electron chi connectivity index (χ3n) is 4.27. The minimum Gasteiger partial charge on any atom is -0.462 e. The Morgan fingerprint density at radius 2 is 1.85 bits per heavy atom. The summed E-state index contributed by atoms with van der Waals surface area (Å²) in [6.07, 6.45) is 3.37. The van der Waals surface area contributed by atoms with Crippen LogP contribution in [0.15, 0.2) is 47.9 Å². The average Bonchev–Trinajstić information content (AvgIpc) is 3.22. The monoisotopic (exact) mass is 374 g/mol. The maximum Gasteiger partial charge on any atom is 0.330 e. The number of benzene rings is 1. The van der Waals surface area contributed by atoms with Crippen LogP contribution in [-0.4, -0.2) is 41.8 Å². The smallest absolute Gasteiger partial charge is 0.330 e. The standard InChI is InChI=1S/C20H22O5S/c1-2-20(12-21,13-22)14-25-18(23)10-7-15-5-8-16(9-6-15)19(24)17-4-3-11-26-17/h3-11,21-22H,2,12-14H2,1H3/b10-7+. The van der Waals surface area contributed by atoms with Crippen molar-refractivity contribution >= 4 is 29.2 Å². The second-order valence-corrected chi connectivity index (χ2v) is 6.99. The molecule has 0 bridgehead atoms. The van der Waals surface area contributed by atoms with E-state index < -0.39 is 11.4 Å². The molecule has 0 radical (unpaired) electrons. The van der Waals surface area contributed by atoms with E-state index in [2.05, 4.69) is 0 Å². The third kappa shape index (κ3) is 5.11. The van der Waals surface area contributed by atoms with E-state index in [1.54, 1.807) is 36.4 Å². The van der Waals surface area contributed by atoms with Crippen molar-refractivity contribution in [1.29, 1.82) is 0 Å². The van der Waals surface area contributed by atoms with E-state index >= 15 is 0 Å². The molecule has 0 fully saturated rings. The molecule has 0 atom stereocenters. The zero-order chi connectivity index (χ0) is 19.0. The molecule has 138 valence electrons. The highest BCUT2D eigenvalue weighted by atomic mass is 32.1. The van der Waals surface area contributed by atoms with Crippen LogP contribution >= 0.6 is 11.3 Å². The second kappa shape index (κ2) is 9.43. The highest BCUT2D eigenvalue weighted by molar-refractivity contribution is 7.12. The molecule has 5 nitrogen and oxygen atoms in total. The Hall–Kier alpha value is -2.28. The molecular formula is C20H22O5S. The van der Waals surface area contributed by atoms with Crippen molar-refractivity contribution in [1.82, 2.24) is 0 Å². The number of rotatable bonds is 9. The molecule has 1 aromatic heterocycles. The fraction of sp³-hybridized carbons (Fsp3) is 0.300. The zero-order valence-corrected chi connectivity index (χ0v) is 15.4. The molecule has 0 amide bonds. The van der Waals surface area contributed by atoms with Gasteiger partial charge in [0.2, 0.25) is 5.78 Å². The lowest BCUT2D eigenvalue weighted by molar-refractivity contribution is -0.143. The summed E-state index contributed by atoms with van der Waals surface area (Å²) in [7, 11) is 0. The molecule has 0 aliphatic heterocycles. The molecule has 1 aromatic carbocycles. The van der Waals surface area contributed by atoms with Crippen LogP contribution in [0.3, 0.4) is 0 Å². The van der Waals surface area contributed by atoms with Gasteiger partial charge in [0, 0.05) is 11.6 Å². The van der Waals surface area contributed by atoms with E-state index in [0.29, 0.717) is 16.9 Å². The highest BCUT2D eigenvalue weighted by Gasteiger charge is 2.28. The maximum absolute atomic E-state index is 12.2. The van der Waals surface area contributed by atoms with Gasteiger partial charge in [-0.1, -0.05) is 37.3 Å². The van der Waals surface area contributed by atoms with Gasteiger partial charge in [-0.25, -0.2) is 4.79 Å². The van der Waals surface area contributed by atoms with Gasteiger partial charge in [0.1, 0.15) is 6.61 Å². The van der Waals surface area contributed by atoms with Crippen molar-refractivity contribution in [2.45, 2.75) is 13.3 Å². The summed E-state index contributed by atoms with van der Waals surface area (Å²) in [5.74, 6) is -0.581. The fourth-order valence-corrected chi connectivity index (χ4v) is 2.88. The third-order valence-corrected chi connectivity index (χ3v) is 5.14. The van der Waals surface area contributed by atoms with Crippen LogP contribution in [0.5, 0.6) is 0 Å². The van der Waals surface area contributed by atoms with Gasteiger partial charge in [0.25, 0.3) is 0 Å². The lowest BCUT2D eigenvalue weighted by atomic mass is 9.88. The lowest BCUT2D eigenvalue weighted by Crippen LogP contribution is -2.35. The molecule has 0 unspecified atom stereocenters. The van der Waals surface area contributed by atoms with Crippen LogP contribution in [0, 0.1) is 5.41 Å². The number of hydrogen-bond donors (Lipinski definition) is 2.